The highest BCUT2D eigenvalue weighted by Gasteiger charge is 2.07. The molecule has 0 unspecified atom stereocenters. The van der Waals surface area contributed by atoms with Crippen LogP contribution < -0.4 is 4.74 Å². The van der Waals surface area contributed by atoms with Crippen molar-refractivity contribution in [2.45, 2.75) is 6.61 Å². The molecule has 0 bridgehead atoms. The summed E-state index contributed by atoms with van der Waals surface area (Å²) in [6, 6.07) is 12.8. The number of ether oxygens (including phenoxy) is 1. The first-order chi connectivity index (χ1) is 10.1. The van der Waals surface area contributed by atoms with Crippen LogP contribution >= 0.6 is 27.5 Å². The average Bonchev–Trinajstić information content (AvgIpc) is 2.46. The van der Waals surface area contributed by atoms with Gasteiger partial charge in [-0.1, -0.05) is 35.9 Å². The Morgan fingerprint density at radius 3 is 2.62 bits per heavy atom. The van der Waals surface area contributed by atoms with Crippen LogP contribution in [0.15, 0.2) is 53.0 Å². The summed E-state index contributed by atoms with van der Waals surface area (Å²) in [5.41, 5.74) is 1.67. The zero-order chi connectivity index (χ0) is 15.2. The SMILES string of the molecule is O=C(O)C=Cc1cccc(Br)c1OCc1ccc(Cl)cc1. The largest absolute Gasteiger partial charge is 0.487 e. The van der Waals surface area contributed by atoms with Gasteiger partial charge in [-0.2, -0.15) is 0 Å². The molecule has 0 aliphatic carbocycles. The van der Waals surface area contributed by atoms with Gasteiger partial charge in [-0.05, 0) is 45.8 Å². The molecule has 108 valence electrons. The fourth-order valence-corrected chi connectivity index (χ4v) is 2.33. The summed E-state index contributed by atoms with van der Waals surface area (Å²) in [4.78, 5) is 10.6. The van der Waals surface area contributed by atoms with Gasteiger partial charge in [0.15, 0.2) is 0 Å². The minimum atomic E-state index is -1.00. The van der Waals surface area contributed by atoms with E-state index < -0.39 is 5.97 Å². The Kier molecular flexibility index (Phi) is 5.42. The number of hydrogen-bond donors (Lipinski definition) is 1. The first-order valence-electron chi connectivity index (χ1n) is 6.13. The molecular formula is C16H12BrClO3. The Morgan fingerprint density at radius 2 is 1.95 bits per heavy atom. The maximum atomic E-state index is 10.6. The second-order valence-corrected chi connectivity index (χ2v) is 5.54. The molecule has 0 heterocycles. The topological polar surface area (TPSA) is 46.5 Å². The fraction of sp³-hybridized carbons (Fsp3) is 0.0625. The second-order valence-electron chi connectivity index (χ2n) is 4.24. The number of hydrogen-bond acceptors (Lipinski definition) is 2. The van der Waals surface area contributed by atoms with E-state index in [0.717, 1.165) is 16.1 Å². The van der Waals surface area contributed by atoms with Crippen molar-refractivity contribution in [3.8, 4) is 5.75 Å². The molecule has 0 saturated carbocycles. The van der Waals surface area contributed by atoms with Crippen LogP contribution in [0.2, 0.25) is 5.02 Å². The lowest BCUT2D eigenvalue weighted by Gasteiger charge is -2.11. The van der Waals surface area contributed by atoms with Gasteiger partial charge < -0.3 is 9.84 Å². The summed E-state index contributed by atoms with van der Waals surface area (Å²) in [6.45, 7) is 0.369. The van der Waals surface area contributed by atoms with E-state index in [2.05, 4.69) is 15.9 Å². The molecule has 0 aliphatic heterocycles. The summed E-state index contributed by atoms with van der Waals surface area (Å²) in [5.74, 6) is -0.399. The molecule has 0 atom stereocenters. The van der Waals surface area contributed by atoms with Crippen molar-refractivity contribution in [3.05, 3.63) is 69.2 Å². The molecule has 2 rings (SSSR count). The Labute approximate surface area is 135 Å². The number of halogens is 2. The summed E-state index contributed by atoms with van der Waals surface area (Å²) in [5, 5.41) is 9.39. The second kappa shape index (κ2) is 7.29. The molecule has 3 nitrogen and oxygen atoms in total. The predicted molar refractivity (Wildman–Crippen MR) is 86.6 cm³/mol. The van der Waals surface area contributed by atoms with Crippen LogP contribution in [0, 0.1) is 0 Å². The zero-order valence-electron chi connectivity index (χ0n) is 10.9. The van der Waals surface area contributed by atoms with Crippen molar-refractivity contribution in [1.82, 2.24) is 0 Å². The Morgan fingerprint density at radius 1 is 1.24 bits per heavy atom. The van der Waals surface area contributed by atoms with Crippen LogP contribution in [0.25, 0.3) is 6.08 Å². The first-order valence-corrected chi connectivity index (χ1v) is 7.30. The average molecular weight is 368 g/mol. The van der Waals surface area contributed by atoms with Crippen LogP contribution in [0.3, 0.4) is 0 Å². The van der Waals surface area contributed by atoms with Gasteiger partial charge in [0, 0.05) is 16.7 Å². The normalized spacial score (nSPS) is 10.8. The van der Waals surface area contributed by atoms with Gasteiger partial charge in [-0.15, -0.1) is 0 Å². The highest BCUT2D eigenvalue weighted by atomic mass is 79.9. The molecule has 0 aromatic heterocycles. The van der Waals surface area contributed by atoms with E-state index >= 15 is 0 Å². The number of rotatable bonds is 5. The monoisotopic (exact) mass is 366 g/mol. The van der Waals surface area contributed by atoms with E-state index in [-0.39, 0.29) is 0 Å². The summed E-state index contributed by atoms with van der Waals surface area (Å²) in [6.07, 6.45) is 2.58. The van der Waals surface area contributed by atoms with E-state index in [9.17, 15) is 4.79 Å². The molecule has 0 aliphatic rings. The van der Waals surface area contributed by atoms with Crippen LogP contribution in [0.1, 0.15) is 11.1 Å². The molecule has 0 amide bonds. The van der Waals surface area contributed by atoms with Crippen molar-refractivity contribution in [1.29, 1.82) is 0 Å². The van der Waals surface area contributed by atoms with E-state index in [1.165, 1.54) is 6.08 Å². The molecule has 21 heavy (non-hydrogen) atoms. The summed E-state index contributed by atoms with van der Waals surface area (Å²) in [7, 11) is 0. The number of carboxylic acid groups (broad SMARTS) is 1. The van der Waals surface area contributed by atoms with Crippen LogP contribution in [-0.4, -0.2) is 11.1 Å². The lowest BCUT2D eigenvalue weighted by Crippen LogP contribution is -1.98. The molecule has 2 aromatic rings. The van der Waals surface area contributed by atoms with Gasteiger partial charge in [0.25, 0.3) is 0 Å². The lowest BCUT2D eigenvalue weighted by atomic mass is 10.2. The number of carboxylic acids is 1. The third-order valence-electron chi connectivity index (χ3n) is 2.70. The number of para-hydroxylation sites is 1. The first kappa shape index (κ1) is 15.6. The number of benzene rings is 2. The highest BCUT2D eigenvalue weighted by molar-refractivity contribution is 9.10. The van der Waals surface area contributed by atoms with Crippen molar-refractivity contribution in [3.63, 3.8) is 0 Å². The third-order valence-corrected chi connectivity index (χ3v) is 3.58. The van der Waals surface area contributed by atoms with Crippen molar-refractivity contribution >= 4 is 39.6 Å². The van der Waals surface area contributed by atoms with Gasteiger partial charge in [0.2, 0.25) is 0 Å². The molecule has 1 N–H and O–H groups in total. The fourth-order valence-electron chi connectivity index (χ4n) is 1.71. The highest BCUT2D eigenvalue weighted by Crippen LogP contribution is 2.30. The van der Waals surface area contributed by atoms with E-state index in [4.69, 9.17) is 21.4 Å². The molecule has 2 aromatic carbocycles. The molecule has 5 heteroatoms. The van der Waals surface area contributed by atoms with E-state index in [0.29, 0.717) is 22.9 Å². The minimum absolute atomic E-state index is 0.369. The third kappa shape index (κ3) is 4.62. The van der Waals surface area contributed by atoms with Crippen molar-refractivity contribution < 1.29 is 14.6 Å². The van der Waals surface area contributed by atoms with Crippen molar-refractivity contribution in [2.24, 2.45) is 0 Å². The van der Waals surface area contributed by atoms with Gasteiger partial charge in [0.05, 0.1) is 4.47 Å². The quantitative estimate of drug-likeness (QED) is 0.774. The van der Waals surface area contributed by atoms with E-state index in [1.54, 1.807) is 18.2 Å². The minimum Gasteiger partial charge on any atom is -0.487 e. The molecular weight excluding hydrogens is 356 g/mol. The van der Waals surface area contributed by atoms with Crippen molar-refractivity contribution in [2.75, 3.05) is 0 Å². The summed E-state index contributed by atoms with van der Waals surface area (Å²) < 4.78 is 6.56. The zero-order valence-corrected chi connectivity index (χ0v) is 13.3. The van der Waals surface area contributed by atoms with E-state index in [1.807, 2.05) is 24.3 Å². The predicted octanol–water partition coefficient (Wildman–Crippen LogP) is 4.78. The maximum absolute atomic E-state index is 10.6. The van der Waals surface area contributed by atoms with Crippen LogP contribution in [0.4, 0.5) is 0 Å². The maximum Gasteiger partial charge on any atom is 0.328 e. The standard InChI is InChI=1S/C16H12BrClO3/c17-14-3-1-2-12(6-9-15(19)20)16(14)21-10-11-4-7-13(18)8-5-11/h1-9H,10H2,(H,19,20). The Hall–Kier alpha value is -1.78. The van der Waals surface area contributed by atoms with Gasteiger partial charge in [-0.3, -0.25) is 0 Å². The van der Waals surface area contributed by atoms with Gasteiger partial charge in [-0.25, -0.2) is 4.79 Å². The molecule has 0 fully saturated rings. The van der Waals surface area contributed by atoms with Crippen LogP contribution in [-0.2, 0) is 11.4 Å². The smallest absolute Gasteiger partial charge is 0.328 e. The number of aliphatic carboxylic acids is 1. The Bertz CT molecular complexity index is 666. The Balaban J connectivity index is 2.18. The number of carbonyl (C=O) groups is 1. The van der Waals surface area contributed by atoms with Crippen LogP contribution in [0.5, 0.6) is 5.75 Å². The van der Waals surface area contributed by atoms with Gasteiger partial charge >= 0.3 is 5.97 Å². The molecule has 0 spiro atoms. The molecule has 0 radical (unpaired) electrons. The molecule has 0 saturated heterocycles. The lowest BCUT2D eigenvalue weighted by molar-refractivity contribution is -0.131. The van der Waals surface area contributed by atoms with Gasteiger partial charge in [0.1, 0.15) is 12.4 Å². The summed E-state index contributed by atoms with van der Waals surface area (Å²) >= 11 is 9.25.